The summed E-state index contributed by atoms with van der Waals surface area (Å²) in [5.74, 6) is 0. The second-order valence-corrected chi connectivity index (χ2v) is 6.38. The number of ether oxygens (including phenoxy) is 1. The lowest BCUT2D eigenvalue weighted by atomic mass is 10.1. The molecule has 3 rings (SSSR count). The summed E-state index contributed by atoms with van der Waals surface area (Å²) in [4.78, 5) is 13.4. The summed E-state index contributed by atoms with van der Waals surface area (Å²) in [5, 5.41) is 4.49. The van der Waals surface area contributed by atoms with Crippen LogP contribution in [-0.2, 0) is 16.1 Å². The van der Waals surface area contributed by atoms with Crippen LogP contribution in [0.5, 0.6) is 0 Å². The fourth-order valence-electron chi connectivity index (χ4n) is 3.49. The molecule has 0 radical (unpaired) electrons. The third kappa shape index (κ3) is 3.85. The Labute approximate surface area is 143 Å². The summed E-state index contributed by atoms with van der Waals surface area (Å²) in [6.07, 6.45) is 7.51. The Morgan fingerprint density at radius 1 is 1.29 bits per heavy atom. The summed E-state index contributed by atoms with van der Waals surface area (Å²) in [6, 6.07) is 12.5. The highest BCUT2D eigenvalue weighted by Gasteiger charge is 2.21. The first-order valence-corrected chi connectivity index (χ1v) is 8.61. The number of carbonyl (C=O) groups is 1. The molecule has 0 saturated heterocycles. The normalized spacial score (nSPS) is 16.2. The third-order valence-electron chi connectivity index (χ3n) is 4.79. The molecule has 1 unspecified atom stereocenters. The lowest BCUT2D eigenvalue weighted by molar-refractivity contribution is -0.120. The average molecular weight is 327 g/mol. The molecule has 128 valence electrons. The summed E-state index contributed by atoms with van der Waals surface area (Å²) in [6.45, 7) is 1.09. The predicted octanol–water partition coefficient (Wildman–Crippen LogP) is 3.34. The van der Waals surface area contributed by atoms with Crippen molar-refractivity contribution >= 4 is 6.41 Å². The number of amides is 1. The standard InChI is InChI=1S/C19H25N3O2/c1-24-19(16-7-3-2-4-8-16)14-21(15-23)13-18-11-12-20-22(18)17-9-5-6-10-17/h2-4,7-8,11-12,15,17,19H,5-6,9-10,13-14H2,1H3. The molecule has 0 aliphatic heterocycles. The zero-order valence-electron chi connectivity index (χ0n) is 14.2. The van der Waals surface area contributed by atoms with E-state index in [1.54, 1.807) is 12.0 Å². The topological polar surface area (TPSA) is 47.4 Å². The van der Waals surface area contributed by atoms with Gasteiger partial charge in [0.15, 0.2) is 0 Å². The number of rotatable bonds is 8. The predicted molar refractivity (Wildman–Crippen MR) is 92.4 cm³/mol. The number of methoxy groups -OCH3 is 1. The highest BCUT2D eigenvalue weighted by atomic mass is 16.5. The molecule has 1 saturated carbocycles. The molecule has 1 aromatic carbocycles. The molecule has 1 aliphatic rings. The number of aromatic nitrogens is 2. The maximum absolute atomic E-state index is 11.6. The van der Waals surface area contributed by atoms with E-state index in [2.05, 4.69) is 9.78 Å². The lowest BCUT2D eigenvalue weighted by Gasteiger charge is -2.25. The first kappa shape index (κ1) is 16.7. The maximum atomic E-state index is 11.6. The van der Waals surface area contributed by atoms with Gasteiger partial charge in [-0.05, 0) is 24.5 Å². The van der Waals surface area contributed by atoms with Crippen molar-refractivity contribution < 1.29 is 9.53 Å². The second-order valence-electron chi connectivity index (χ2n) is 6.38. The molecular weight excluding hydrogens is 302 g/mol. The highest BCUT2D eigenvalue weighted by Crippen LogP contribution is 2.30. The van der Waals surface area contributed by atoms with Gasteiger partial charge in [0.1, 0.15) is 0 Å². The van der Waals surface area contributed by atoms with Crippen molar-refractivity contribution in [3.8, 4) is 0 Å². The molecule has 1 fully saturated rings. The van der Waals surface area contributed by atoms with Gasteiger partial charge in [-0.3, -0.25) is 9.48 Å². The van der Waals surface area contributed by atoms with Crippen LogP contribution in [0.25, 0.3) is 0 Å². The molecule has 1 amide bonds. The number of benzene rings is 1. The van der Waals surface area contributed by atoms with Crippen LogP contribution in [0.4, 0.5) is 0 Å². The van der Waals surface area contributed by atoms with Crippen molar-refractivity contribution in [1.82, 2.24) is 14.7 Å². The van der Waals surface area contributed by atoms with Crippen LogP contribution >= 0.6 is 0 Å². The van der Waals surface area contributed by atoms with Crippen LogP contribution in [0.2, 0.25) is 0 Å². The van der Waals surface area contributed by atoms with E-state index in [4.69, 9.17) is 4.74 Å². The van der Waals surface area contributed by atoms with E-state index in [0.29, 0.717) is 19.1 Å². The molecular formula is C19H25N3O2. The van der Waals surface area contributed by atoms with Crippen molar-refractivity contribution in [2.45, 2.75) is 44.4 Å². The molecule has 0 bridgehead atoms. The van der Waals surface area contributed by atoms with Crippen LogP contribution in [0, 0.1) is 0 Å². The Kier molecular flexibility index (Phi) is 5.64. The summed E-state index contributed by atoms with van der Waals surface area (Å²) < 4.78 is 7.70. The summed E-state index contributed by atoms with van der Waals surface area (Å²) in [5.41, 5.74) is 2.17. The molecule has 1 heterocycles. The minimum atomic E-state index is -0.126. The van der Waals surface area contributed by atoms with Crippen LogP contribution in [0.15, 0.2) is 42.6 Å². The van der Waals surface area contributed by atoms with Crippen molar-refractivity contribution in [3.05, 3.63) is 53.9 Å². The van der Waals surface area contributed by atoms with Gasteiger partial charge in [-0.25, -0.2) is 0 Å². The van der Waals surface area contributed by atoms with Gasteiger partial charge in [0, 0.05) is 13.3 Å². The Bertz CT molecular complexity index is 635. The van der Waals surface area contributed by atoms with Crippen LogP contribution in [0.3, 0.4) is 0 Å². The van der Waals surface area contributed by atoms with Gasteiger partial charge in [-0.2, -0.15) is 5.10 Å². The summed E-state index contributed by atoms with van der Waals surface area (Å²) >= 11 is 0. The van der Waals surface area contributed by atoms with E-state index in [1.165, 1.54) is 25.7 Å². The SMILES string of the molecule is COC(CN(C=O)Cc1ccnn1C1CCCC1)c1ccccc1. The molecule has 1 aliphatic carbocycles. The Balaban J connectivity index is 1.68. The van der Waals surface area contributed by atoms with Crippen molar-refractivity contribution in [1.29, 1.82) is 0 Å². The molecule has 0 spiro atoms. The Morgan fingerprint density at radius 2 is 2.04 bits per heavy atom. The third-order valence-corrected chi connectivity index (χ3v) is 4.79. The van der Waals surface area contributed by atoms with E-state index in [1.807, 2.05) is 42.6 Å². The van der Waals surface area contributed by atoms with Gasteiger partial charge in [0.2, 0.25) is 6.41 Å². The summed E-state index contributed by atoms with van der Waals surface area (Å²) in [7, 11) is 1.68. The van der Waals surface area contributed by atoms with Crippen molar-refractivity contribution in [2.75, 3.05) is 13.7 Å². The zero-order valence-corrected chi connectivity index (χ0v) is 14.2. The average Bonchev–Trinajstić information content (AvgIpc) is 3.30. The minimum absolute atomic E-state index is 0.126. The first-order valence-electron chi connectivity index (χ1n) is 8.61. The molecule has 0 N–H and O–H groups in total. The molecule has 2 aromatic rings. The smallest absolute Gasteiger partial charge is 0.210 e. The van der Waals surface area contributed by atoms with E-state index in [0.717, 1.165) is 17.7 Å². The first-order chi connectivity index (χ1) is 11.8. The second kappa shape index (κ2) is 8.11. The maximum Gasteiger partial charge on any atom is 0.210 e. The zero-order chi connectivity index (χ0) is 16.8. The van der Waals surface area contributed by atoms with E-state index in [-0.39, 0.29) is 6.10 Å². The molecule has 5 nitrogen and oxygen atoms in total. The van der Waals surface area contributed by atoms with Gasteiger partial charge >= 0.3 is 0 Å². The molecule has 1 aromatic heterocycles. The number of nitrogens with zero attached hydrogens (tertiary/aromatic N) is 3. The van der Waals surface area contributed by atoms with E-state index in [9.17, 15) is 4.79 Å². The largest absolute Gasteiger partial charge is 0.375 e. The Morgan fingerprint density at radius 3 is 2.71 bits per heavy atom. The quantitative estimate of drug-likeness (QED) is 0.699. The van der Waals surface area contributed by atoms with Crippen LogP contribution in [-0.4, -0.2) is 34.7 Å². The lowest BCUT2D eigenvalue weighted by Crippen LogP contribution is -2.29. The van der Waals surface area contributed by atoms with Gasteiger partial charge < -0.3 is 9.64 Å². The van der Waals surface area contributed by atoms with Crippen LogP contribution in [0.1, 0.15) is 49.1 Å². The van der Waals surface area contributed by atoms with Crippen molar-refractivity contribution in [3.63, 3.8) is 0 Å². The van der Waals surface area contributed by atoms with Crippen molar-refractivity contribution in [2.24, 2.45) is 0 Å². The Hall–Kier alpha value is -2.14. The fraction of sp³-hybridized carbons (Fsp3) is 0.474. The highest BCUT2D eigenvalue weighted by molar-refractivity contribution is 5.47. The molecule has 24 heavy (non-hydrogen) atoms. The van der Waals surface area contributed by atoms with Gasteiger partial charge in [0.05, 0.1) is 30.9 Å². The van der Waals surface area contributed by atoms with Gasteiger partial charge in [0.25, 0.3) is 0 Å². The van der Waals surface area contributed by atoms with E-state index >= 15 is 0 Å². The van der Waals surface area contributed by atoms with Gasteiger partial charge in [-0.1, -0.05) is 43.2 Å². The van der Waals surface area contributed by atoms with Gasteiger partial charge in [-0.15, -0.1) is 0 Å². The number of carbonyl (C=O) groups excluding carboxylic acids is 1. The number of hydrogen-bond acceptors (Lipinski definition) is 3. The minimum Gasteiger partial charge on any atom is -0.375 e. The molecule has 5 heteroatoms. The fourth-order valence-corrected chi connectivity index (χ4v) is 3.49. The molecule has 1 atom stereocenters. The monoisotopic (exact) mass is 327 g/mol. The number of hydrogen-bond donors (Lipinski definition) is 0. The van der Waals surface area contributed by atoms with Crippen LogP contribution < -0.4 is 0 Å². The van der Waals surface area contributed by atoms with E-state index < -0.39 is 0 Å².